The van der Waals surface area contributed by atoms with Crippen molar-refractivity contribution in [3.05, 3.63) is 34.9 Å². The highest BCUT2D eigenvalue weighted by molar-refractivity contribution is 7.99. The van der Waals surface area contributed by atoms with Gasteiger partial charge >= 0.3 is 0 Å². The lowest BCUT2D eigenvalue weighted by molar-refractivity contribution is -0.118. The average Bonchev–Trinajstić information content (AvgIpc) is 2.81. The Kier molecular flexibility index (Phi) is 4.92. The number of amides is 1. The molecule has 0 aliphatic heterocycles. The second-order valence-corrected chi connectivity index (χ2v) is 6.80. The molecule has 1 saturated carbocycles. The summed E-state index contributed by atoms with van der Waals surface area (Å²) in [6.45, 7) is 4.23. The van der Waals surface area contributed by atoms with Gasteiger partial charge in [-0.15, -0.1) is 11.8 Å². The summed E-state index contributed by atoms with van der Waals surface area (Å²) in [6, 6.07) is 6.58. The van der Waals surface area contributed by atoms with Crippen LogP contribution in [0.25, 0.3) is 0 Å². The van der Waals surface area contributed by atoms with E-state index in [4.69, 9.17) is 5.73 Å². The summed E-state index contributed by atoms with van der Waals surface area (Å²) in [5, 5.41) is -0.0108. The molecule has 1 unspecified atom stereocenters. The summed E-state index contributed by atoms with van der Waals surface area (Å²) in [5.41, 5.74) is 9.45. The maximum atomic E-state index is 11.6. The molecule has 0 aromatic heterocycles. The summed E-state index contributed by atoms with van der Waals surface area (Å²) in [4.78, 5) is 11.6. The van der Waals surface area contributed by atoms with Crippen LogP contribution in [0.3, 0.4) is 0 Å². The van der Waals surface area contributed by atoms with Crippen LogP contribution in [0.15, 0.2) is 18.2 Å². The number of rotatable bonds is 5. The molecule has 1 aromatic rings. The van der Waals surface area contributed by atoms with Crippen molar-refractivity contribution < 1.29 is 4.79 Å². The number of thioether (sulfide) groups is 1. The summed E-state index contributed by atoms with van der Waals surface area (Å²) in [6.07, 6.45) is 4.82. The first-order valence-electron chi connectivity index (χ1n) is 7.04. The van der Waals surface area contributed by atoms with Crippen molar-refractivity contribution in [1.29, 1.82) is 0 Å². The van der Waals surface area contributed by atoms with E-state index in [1.165, 1.54) is 29.5 Å². The van der Waals surface area contributed by atoms with Gasteiger partial charge in [-0.1, -0.05) is 42.2 Å². The number of benzene rings is 1. The number of hydrogen-bond donors (Lipinski definition) is 1. The zero-order valence-corrected chi connectivity index (χ0v) is 12.6. The van der Waals surface area contributed by atoms with E-state index in [-0.39, 0.29) is 11.2 Å². The molecule has 1 atom stereocenters. The Labute approximate surface area is 120 Å². The zero-order chi connectivity index (χ0) is 13.8. The molecule has 2 nitrogen and oxygen atoms in total. The van der Waals surface area contributed by atoms with Gasteiger partial charge in [0.15, 0.2) is 0 Å². The third-order valence-electron chi connectivity index (χ3n) is 3.82. The van der Waals surface area contributed by atoms with E-state index in [1.54, 1.807) is 11.8 Å². The van der Waals surface area contributed by atoms with Crippen LogP contribution in [-0.2, 0) is 10.5 Å². The van der Waals surface area contributed by atoms with E-state index in [1.807, 2.05) is 0 Å². The Bertz CT molecular complexity index is 432. The molecule has 3 heteroatoms. The zero-order valence-electron chi connectivity index (χ0n) is 11.8. The van der Waals surface area contributed by atoms with E-state index >= 15 is 0 Å². The van der Waals surface area contributed by atoms with Crippen molar-refractivity contribution in [2.75, 3.05) is 0 Å². The number of hydrogen-bond acceptors (Lipinski definition) is 2. The fourth-order valence-corrected chi connectivity index (χ4v) is 4.30. The second-order valence-electron chi connectivity index (χ2n) is 5.67. The first-order valence-corrected chi connectivity index (χ1v) is 8.09. The number of primary amides is 1. The van der Waals surface area contributed by atoms with Gasteiger partial charge in [-0.25, -0.2) is 0 Å². The predicted molar refractivity (Wildman–Crippen MR) is 82.2 cm³/mol. The molecule has 0 spiro atoms. The van der Waals surface area contributed by atoms with Crippen LogP contribution < -0.4 is 5.73 Å². The van der Waals surface area contributed by atoms with Crippen molar-refractivity contribution in [3.63, 3.8) is 0 Å². The lowest BCUT2D eigenvalue weighted by atomic mass is 10.0. The molecule has 0 heterocycles. The first kappa shape index (κ1) is 14.4. The topological polar surface area (TPSA) is 43.1 Å². The van der Waals surface area contributed by atoms with Gasteiger partial charge in [0.05, 0.1) is 5.25 Å². The molecule has 1 aliphatic rings. The van der Waals surface area contributed by atoms with Crippen molar-refractivity contribution in [2.45, 2.75) is 50.5 Å². The summed E-state index contributed by atoms with van der Waals surface area (Å²) < 4.78 is 0. The fraction of sp³-hybridized carbons (Fsp3) is 0.562. The van der Waals surface area contributed by atoms with E-state index < -0.39 is 0 Å². The monoisotopic (exact) mass is 277 g/mol. The highest BCUT2D eigenvalue weighted by Crippen LogP contribution is 2.35. The largest absolute Gasteiger partial charge is 0.369 e. The van der Waals surface area contributed by atoms with Gasteiger partial charge in [-0.3, -0.25) is 4.79 Å². The summed E-state index contributed by atoms with van der Waals surface area (Å²) >= 11 is 1.72. The molecule has 0 radical (unpaired) electrons. The lowest BCUT2D eigenvalue weighted by Gasteiger charge is -2.19. The van der Waals surface area contributed by atoms with Crippen LogP contribution in [0.2, 0.25) is 0 Å². The van der Waals surface area contributed by atoms with Gasteiger partial charge in [0, 0.05) is 5.75 Å². The lowest BCUT2D eigenvalue weighted by Crippen LogP contribution is -2.31. The standard InChI is InChI=1S/C16H23NOS/c1-11-7-12(2)9-13(8-11)10-19-15(16(17)18)14-5-3-4-6-14/h7-9,14-15H,3-6,10H2,1-2H3,(H2,17,18). The highest BCUT2D eigenvalue weighted by atomic mass is 32.2. The van der Waals surface area contributed by atoms with Crippen molar-refractivity contribution >= 4 is 17.7 Å². The molecule has 2 N–H and O–H groups in total. The number of nitrogens with two attached hydrogens (primary N) is 1. The molecular formula is C16H23NOS. The predicted octanol–water partition coefficient (Wildman–Crippen LogP) is 3.58. The van der Waals surface area contributed by atoms with Crippen LogP contribution in [0.4, 0.5) is 0 Å². The van der Waals surface area contributed by atoms with Crippen molar-refractivity contribution in [2.24, 2.45) is 11.7 Å². The van der Waals surface area contributed by atoms with Gasteiger partial charge < -0.3 is 5.73 Å². The van der Waals surface area contributed by atoms with Crippen molar-refractivity contribution in [3.8, 4) is 0 Å². The van der Waals surface area contributed by atoms with Crippen LogP contribution >= 0.6 is 11.8 Å². The minimum atomic E-state index is -0.138. The molecule has 1 fully saturated rings. The minimum absolute atomic E-state index is 0.0108. The maximum absolute atomic E-state index is 11.6. The van der Waals surface area contributed by atoms with E-state index in [2.05, 4.69) is 32.0 Å². The smallest absolute Gasteiger partial charge is 0.230 e. The number of carbonyl (C=O) groups is 1. The van der Waals surface area contributed by atoms with Gasteiger partial charge in [0.2, 0.25) is 5.91 Å². The average molecular weight is 277 g/mol. The Hall–Kier alpha value is -0.960. The van der Waals surface area contributed by atoms with E-state index in [0.29, 0.717) is 5.92 Å². The third-order valence-corrected chi connectivity index (χ3v) is 5.30. The number of aryl methyl sites for hydroxylation is 2. The van der Waals surface area contributed by atoms with Crippen LogP contribution in [0.1, 0.15) is 42.4 Å². The Morgan fingerprint density at radius 2 is 1.84 bits per heavy atom. The van der Waals surface area contributed by atoms with E-state index in [9.17, 15) is 4.79 Å². The van der Waals surface area contributed by atoms with Gasteiger partial charge in [-0.05, 0) is 38.2 Å². The van der Waals surface area contributed by atoms with Crippen LogP contribution in [0.5, 0.6) is 0 Å². The summed E-state index contributed by atoms with van der Waals surface area (Å²) in [5.74, 6) is 1.24. The maximum Gasteiger partial charge on any atom is 0.230 e. The molecule has 1 aliphatic carbocycles. The van der Waals surface area contributed by atoms with Crippen molar-refractivity contribution in [1.82, 2.24) is 0 Å². The summed E-state index contributed by atoms with van der Waals surface area (Å²) in [7, 11) is 0. The second kappa shape index (κ2) is 6.47. The van der Waals surface area contributed by atoms with Crippen LogP contribution in [-0.4, -0.2) is 11.2 Å². The highest BCUT2D eigenvalue weighted by Gasteiger charge is 2.29. The minimum Gasteiger partial charge on any atom is -0.369 e. The molecule has 2 rings (SSSR count). The first-order chi connectivity index (χ1) is 9.06. The quantitative estimate of drug-likeness (QED) is 0.894. The third kappa shape index (κ3) is 4.00. The van der Waals surface area contributed by atoms with Gasteiger partial charge in [0.1, 0.15) is 0 Å². The molecule has 19 heavy (non-hydrogen) atoms. The Morgan fingerprint density at radius 3 is 2.37 bits per heavy atom. The van der Waals surface area contributed by atoms with Gasteiger partial charge in [-0.2, -0.15) is 0 Å². The van der Waals surface area contributed by atoms with Crippen LogP contribution in [0, 0.1) is 19.8 Å². The Morgan fingerprint density at radius 1 is 1.26 bits per heavy atom. The van der Waals surface area contributed by atoms with Gasteiger partial charge in [0.25, 0.3) is 0 Å². The fourth-order valence-electron chi connectivity index (χ4n) is 3.05. The molecule has 0 bridgehead atoms. The number of carbonyl (C=O) groups excluding carboxylic acids is 1. The molecule has 104 valence electrons. The Balaban J connectivity index is 2.00. The molecular weight excluding hydrogens is 254 g/mol. The molecule has 1 aromatic carbocycles. The molecule has 1 amide bonds. The van der Waals surface area contributed by atoms with E-state index in [0.717, 1.165) is 18.6 Å². The normalized spacial score (nSPS) is 17.6. The molecule has 0 saturated heterocycles. The SMILES string of the molecule is Cc1cc(C)cc(CSC(C(N)=O)C2CCCC2)c1.